The van der Waals surface area contributed by atoms with Gasteiger partial charge in [-0.2, -0.15) is 0 Å². The molecule has 1 unspecified atom stereocenters. The summed E-state index contributed by atoms with van der Waals surface area (Å²) >= 11 is 0. The van der Waals surface area contributed by atoms with Gasteiger partial charge in [0.1, 0.15) is 17.5 Å². The smallest absolute Gasteiger partial charge is 0.131 e. The van der Waals surface area contributed by atoms with E-state index in [9.17, 15) is 13.2 Å². The van der Waals surface area contributed by atoms with E-state index >= 15 is 0 Å². The standard InChI is InChI=1S/C16H16F3N/c1-3-20-16(12-6-4-10(2)8-14(12)18)13-7-5-11(17)9-15(13)19/h4-9,16,20H,3H2,1-2H3. The first kappa shape index (κ1) is 14.6. The lowest BCUT2D eigenvalue weighted by atomic mass is 9.96. The third-order valence-electron chi connectivity index (χ3n) is 3.15. The van der Waals surface area contributed by atoms with E-state index < -0.39 is 23.5 Å². The molecule has 0 aromatic heterocycles. The lowest BCUT2D eigenvalue weighted by Gasteiger charge is -2.20. The molecule has 0 spiro atoms. The minimum atomic E-state index is -0.684. The van der Waals surface area contributed by atoms with Gasteiger partial charge in [-0.15, -0.1) is 0 Å². The molecule has 20 heavy (non-hydrogen) atoms. The van der Waals surface area contributed by atoms with Gasteiger partial charge in [-0.25, -0.2) is 13.2 Å². The fourth-order valence-corrected chi connectivity index (χ4v) is 2.19. The van der Waals surface area contributed by atoms with Crippen molar-refractivity contribution in [2.24, 2.45) is 0 Å². The molecule has 0 heterocycles. The number of rotatable bonds is 4. The largest absolute Gasteiger partial charge is 0.306 e. The monoisotopic (exact) mass is 279 g/mol. The molecule has 1 atom stereocenters. The van der Waals surface area contributed by atoms with Crippen molar-refractivity contribution in [3.8, 4) is 0 Å². The van der Waals surface area contributed by atoms with Crippen molar-refractivity contribution in [2.75, 3.05) is 6.54 Å². The summed E-state index contributed by atoms with van der Waals surface area (Å²) in [6.45, 7) is 4.17. The Labute approximate surface area is 116 Å². The molecular weight excluding hydrogens is 263 g/mol. The van der Waals surface area contributed by atoms with Crippen molar-refractivity contribution in [3.05, 3.63) is 70.5 Å². The van der Waals surface area contributed by atoms with Crippen molar-refractivity contribution in [1.82, 2.24) is 5.32 Å². The summed E-state index contributed by atoms with van der Waals surface area (Å²) in [6, 6.07) is 7.49. The first-order valence-corrected chi connectivity index (χ1v) is 6.47. The molecule has 0 bridgehead atoms. The van der Waals surface area contributed by atoms with E-state index in [1.165, 1.54) is 18.2 Å². The van der Waals surface area contributed by atoms with Gasteiger partial charge in [-0.1, -0.05) is 25.1 Å². The molecule has 4 heteroatoms. The molecule has 0 aliphatic rings. The fraction of sp³-hybridized carbons (Fsp3) is 0.250. The van der Waals surface area contributed by atoms with Crippen LogP contribution in [0.3, 0.4) is 0 Å². The predicted octanol–water partition coefficient (Wildman–Crippen LogP) is 4.11. The van der Waals surface area contributed by atoms with Gasteiger partial charge in [0, 0.05) is 17.2 Å². The summed E-state index contributed by atoms with van der Waals surface area (Å²) in [4.78, 5) is 0. The second kappa shape index (κ2) is 6.09. The summed E-state index contributed by atoms with van der Waals surface area (Å²) in [6.07, 6.45) is 0. The highest BCUT2D eigenvalue weighted by Crippen LogP contribution is 2.27. The van der Waals surface area contributed by atoms with Crippen molar-refractivity contribution in [2.45, 2.75) is 19.9 Å². The average molecular weight is 279 g/mol. The Morgan fingerprint density at radius 1 is 0.950 bits per heavy atom. The van der Waals surface area contributed by atoms with E-state index in [4.69, 9.17) is 0 Å². The maximum atomic E-state index is 14.1. The molecule has 0 aliphatic heterocycles. The first-order chi connectivity index (χ1) is 9.52. The predicted molar refractivity (Wildman–Crippen MR) is 73.0 cm³/mol. The number of aryl methyl sites for hydroxylation is 1. The maximum Gasteiger partial charge on any atom is 0.131 e. The van der Waals surface area contributed by atoms with Gasteiger partial charge in [0.2, 0.25) is 0 Å². The Morgan fingerprint density at radius 3 is 2.10 bits per heavy atom. The number of nitrogens with one attached hydrogen (secondary N) is 1. The highest BCUT2D eigenvalue weighted by molar-refractivity contribution is 5.35. The second-order valence-corrected chi connectivity index (χ2v) is 4.68. The van der Waals surface area contributed by atoms with E-state index in [-0.39, 0.29) is 5.56 Å². The van der Waals surface area contributed by atoms with Gasteiger partial charge in [0.05, 0.1) is 6.04 Å². The lowest BCUT2D eigenvalue weighted by Crippen LogP contribution is -2.24. The van der Waals surface area contributed by atoms with Crippen LogP contribution >= 0.6 is 0 Å². The Bertz CT molecular complexity index is 559. The highest BCUT2D eigenvalue weighted by atomic mass is 19.1. The summed E-state index contributed by atoms with van der Waals surface area (Å²) in [5.41, 5.74) is 1.38. The van der Waals surface area contributed by atoms with Gasteiger partial charge in [0.25, 0.3) is 0 Å². The topological polar surface area (TPSA) is 12.0 Å². The Hall–Kier alpha value is -1.81. The van der Waals surface area contributed by atoms with Crippen LogP contribution in [0.2, 0.25) is 0 Å². The minimum Gasteiger partial charge on any atom is -0.306 e. The molecular formula is C16H16F3N. The number of halogens is 3. The van der Waals surface area contributed by atoms with E-state index in [0.29, 0.717) is 12.1 Å². The molecule has 0 amide bonds. The lowest BCUT2D eigenvalue weighted by molar-refractivity contribution is 0.521. The second-order valence-electron chi connectivity index (χ2n) is 4.68. The van der Waals surface area contributed by atoms with Crippen molar-refractivity contribution in [1.29, 1.82) is 0 Å². The Balaban J connectivity index is 2.50. The summed E-state index contributed by atoms with van der Waals surface area (Å²) < 4.78 is 41.0. The van der Waals surface area contributed by atoms with Crippen LogP contribution in [0.15, 0.2) is 36.4 Å². The third-order valence-corrected chi connectivity index (χ3v) is 3.15. The van der Waals surface area contributed by atoms with Crippen molar-refractivity contribution >= 4 is 0 Å². The van der Waals surface area contributed by atoms with Crippen molar-refractivity contribution < 1.29 is 13.2 Å². The minimum absolute atomic E-state index is 0.232. The Kier molecular flexibility index (Phi) is 4.45. The quantitative estimate of drug-likeness (QED) is 0.888. The molecule has 0 fully saturated rings. The molecule has 1 nitrogen and oxygen atoms in total. The number of hydrogen-bond donors (Lipinski definition) is 1. The molecule has 2 aromatic carbocycles. The SMILES string of the molecule is CCNC(c1ccc(C)cc1F)c1ccc(F)cc1F. The van der Waals surface area contributed by atoms with E-state index in [0.717, 1.165) is 11.6 Å². The number of hydrogen-bond acceptors (Lipinski definition) is 1. The summed E-state index contributed by atoms with van der Waals surface area (Å²) in [7, 11) is 0. The van der Waals surface area contributed by atoms with Crippen LogP contribution < -0.4 is 5.32 Å². The van der Waals surface area contributed by atoms with Gasteiger partial charge < -0.3 is 5.32 Å². The van der Waals surface area contributed by atoms with E-state index in [1.807, 2.05) is 6.92 Å². The maximum absolute atomic E-state index is 14.1. The molecule has 2 rings (SSSR count). The van der Waals surface area contributed by atoms with Gasteiger partial charge >= 0.3 is 0 Å². The third kappa shape index (κ3) is 3.02. The normalized spacial score (nSPS) is 12.4. The van der Waals surface area contributed by atoms with Crippen LogP contribution in [0.25, 0.3) is 0 Å². The molecule has 0 saturated heterocycles. The summed E-state index contributed by atoms with van der Waals surface area (Å²) in [5, 5.41) is 3.03. The number of benzene rings is 2. The molecule has 0 radical (unpaired) electrons. The molecule has 0 saturated carbocycles. The Morgan fingerprint density at radius 2 is 1.55 bits per heavy atom. The molecule has 0 aliphatic carbocycles. The molecule has 2 aromatic rings. The van der Waals surface area contributed by atoms with E-state index in [2.05, 4.69) is 5.32 Å². The van der Waals surface area contributed by atoms with Crippen LogP contribution in [-0.2, 0) is 0 Å². The molecule has 1 N–H and O–H groups in total. The van der Waals surface area contributed by atoms with E-state index in [1.54, 1.807) is 19.1 Å². The zero-order valence-corrected chi connectivity index (χ0v) is 11.4. The van der Waals surface area contributed by atoms with Crippen LogP contribution in [-0.4, -0.2) is 6.54 Å². The average Bonchev–Trinajstić information content (AvgIpc) is 2.37. The van der Waals surface area contributed by atoms with Crippen LogP contribution in [0.1, 0.15) is 29.7 Å². The summed E-state index contributed by atoms with van der Waals surface area (Å²) in [5.74, 6) is -1.73. The highest BCUT2D eigenvalue weighted by Gasteiger charge is 2.20. The van der Waals surface area contributed by atoms with Gasteiger partial charge in [-0.05, 0) is 31.2 Å². The molecule has 106 valence electrons. The fourth-order valence-electron chi connectivity index (χ4n) is 2.19. The van der Waals surface area contributed by atoms with Crippen LogP contribution in [0.4, 0.5) is 13.2 Å². The zero-order chi connectivity index (χ0) is 14.7. The van der Waals surface area contributed by atoms with Crippen LogP contribution in [0.5, 0.6) is 0 Å². The first-order valence-electron chi connectivity index (χ1n) is 6.47. The van der Waals surface area contributed by atoms with Gasteiger partial charge in [0.15, 0.2) is 0 Å². The van der Waals surface area contributed by atoms with Crippen molar-refractivity contribution in [3.63, 3.8) is 0 Å². The van der Waals surface area contributed by atoms with Crippen LogP contribution in [0, 0.1) is 24.4 Å². The van der Waals surface area contributed by atoms with Gasteiger partial charge in [-0.3, -0.25) is 0 Å². The zero-order valence-electron chi connectivity index (χ0n) is 11.4.